The van der Waals surface area contributed by atoms with Crippen molar-refractivity contribution in [2.45, 2.75) is 13.0 Å². The Balaban J connectivity index is 3.61. The van der Waals surface area contributed by atoms with Crippen LogP contribution in [0.3, 0.4) is 0 Å². The number of aliphatic hydroxyl groups is 1. The Morgan fingerprint density at radius 2 is 1.92 bits per heavy atom. The summed E-state index contributed by atoms with van der Waals surface area (Å²) in [6, 6.07) is 0. The molecule has 1 atom stereocenters. The molecule has 0 rings (SSSR count). The summed E-state index contributed by atoms with van der Waals surface area (Å²) in [6.07, 6.45) is 3.04. The van der Waals surface area contributed by atoms with Crippen LogP contribution in [0.15, 0.2) is 25.3 Å². The van der Waals surface area contributed by atoms with Crippen molar-refractivity contribution in [3.05, 3.63) is 25.3 Å². The lowest BCUT2D eigenvalue weighted by molar-refractivity contribution is -0.163. The number of hydrogen-bond donors (Lipinski definition) is 1. The van der Waals surface area contributed by atoms with E-state index in [4.69, 9.17) is 9.94 Å². The monoisotopic (exact) mass is 171 g/mol. The van der Waals surface area contributed by atoms with Gasteiger partial charge in [0, 0.05) is 13.1 Å². The van der Waals surface area contributed by atoms with Crippen LogP contribution in [-0.2, 0) is 4.84 Å². The lowest BCUT2D eigenvalue weighted by atomic mass is 10.4. The molecule has 0 bridgehead atoms. The Morgan fingerprint density at radius 1 is 1.42 bits per heavy atom. The van der Waals surface area contributed by atoms with Crippen LogP contribution in [0, 0.1) is 0 Å². The third-order valence-corrected chi connectivity index (χ3v) is 1.16. The van der Waals surface area contributed by atoms with Crippen molar-refractivity contribution in [2.24, 2.45) is 0 Å². The van der Waals surface area contributed by atoms with Gasteiger partial charge in [-0.15, -0.1) is 13.2 Å². The van der Waals surface area contributed by atoms with Crippen molar-refractivity contribution in [1.29, 1.82) is 0 Å². The van der Waals surface area contributed by atoms with Gasteiger partial charge in [-0.25, -0.2) is 0 Å². The summed E-state index contributed by atoms with van der Waals surface area (Å²) in [5, 5.41) is 10.6. The standard InChI is InChI=1S/C9H17NO2/c1-4-6-10(7-5-2)12-8-9(3)11/h4-5,9,11H,1-2,6-8H2,3H3. The van der Waals surface area contributed by atoms with Gasteiger partial charge in [-0.2, -0.15) is 5.06 Å². The molecule has 70 valence electrons. The number of hydroxylamine groups is 2. The molecule has 0 aromatic heterocycles. The highest BCUT2D eigenvalue weighted by molar-refractivity contribution is 4.75. The summed E-state index contributed by atoms with van der Waals surface area (Å²) in [6.45, 7) is 10.4. The summed E-state index contributed by atoms with van der Waals surface area (Å²) in [5.74, 6) is 0. The molecular formula is C9H17NO2. The van der Waals surface area contributed by atoms with Gasteiger partial charge < -0.3 is 5.11 Å². The first kappa shape index (κ1) is 11.4. The summed E-state index contributed by atoms with van der Waals surface area (Å²) >= 11 is 0. The second kappa shape index (κ2) is 7.03. The van der Waals surface area contributed by atoms with E-state index >= 15 is 0 Å². The SMILES string of the molecule is C=CCN(CC=C)OCC(C)O. The highest BCUT2D eigenvalue weighted by Crippen LogP contribution is 1.93. The molecule has 0 fully saturated rings. The zero-order chi connectivity index (χ0) is 9.40. The fourth-order valence-corrected chi connectivity index (χ4v) is 0.681. The largest absolute Gasteiger partial charge is 0.391 e. The summed E-state index contributed by atoms with van der Waals surface area (Å²) in [7, 11) is 0. The zero-order valence-electron chi connectivity index (χ0n) is 7.57. The number of hydrogen-bond acceptors (Lipinski definition) is 3. The predicted octanol–water partition coefficient (Wildman–Crippen LogP) is 0.973. The lowest BCUT2D eigenvalue weighted by Gasteiger charge is -2.19. The first-order chi connectivity index (χ1) is 5.70. The average Bonchev–Trinajstić information content (AvgIpc) is 2.01. The van der Waals surface area contributed by atoms with E-state index < -0.39 is 6.10 Å². The van der Waals surface area contributed by atoms with Crippen LogP contribution in [0.25, 0.3) is 0 Å². The average molecular weight is 171 g/mol. The first-order valence-electron chi connectivity index (χ1n) is 3.98. The Labute approximate surface area is 73.9 Å². The maximum absolute atomic E-state index is 8.93. The van der Waals surface area contributed by atoms with E-state index in [0.29, 0.717) is 19.7 Å². The van der Waals surface area contributed by atoms with Crippen molar-refractivity contribution < 1.29 is 9.94 Å². The van der Waals surface area contributed by atoms with Crippen molar-refractivity contribution in [3.63, 3.8) is 0 Å². The van der Waals surface area contributed by atoms with E-state index in [2.05, 4.69) is 13.2 Å². The van der Waals surface area contributed by atoms with E-state index in [0.717, 1.165) is 0 Å². The van der Waals surface area contributed by atoms with Crippen molar-refractivity contribution >= 4 is 0 Å². The zero-order valence-corrected chi connectivity index (χ0v) is 7.57. The van der Waals surface area contributed by atoms with E-state index in [1.54, 1.807) is 24.1 Å². The van der Waals surface area contributed by atoms with Gasteiger partial charge in [-0.1, -0.05) is 12.2 Å². The molecule has 0 saturated heterocycles. The van der Waals surface area contributed by atoms with Gasteiger partial charge in [0.15, 0.2) is 0 Å². The molecule has 12 heavy (non-hydrogen) atoms. The smallest absolute Gasteiger partial charge is 0.0941 e. The van der Waals surface area contributed by atoms with Crippen LogP contribution in [0.5, 0.6) is 0 Å². The third kappa shape index (κ3) is 6.09. The maximum Gasteiger partial charge on any atom is 0.0941 e. The van der Waals surface area contributed by atoms with Crippen LogP contribution in [0.4, 0.5) is 0 Å². The van der Waals surface area contributed by atoms with Crippen LogP contribution >= 0.6 is 0 Å². The van der Waals surface area contributed by atoms with Gasteiger partial charge in [0.1, 0.15) is 0 Å². The van der Waals surface area contributed by atoms with Gasteiger partial charge >= 0.3 is 0 Å². The third-order valence-electron chi connectivity index (χ3n) is 1.16. The summed E-state index contributed by atoms with van der Waals surface area (Å²) < 4.78 is 0. The van der Waals surface area contributed by atoms with Gasteiger partial charge in [0.2, 0.25) is 0 Å². The molecule has 0 spiro atoms. The summed E-state index contributed by atoms with van der Waals surface area (Å²) in [4.78, 5) is 5.23. The number of nitrogens with zero attached hydrogens (tertiary/aromatic N) is 1. The van der Waals surface area contributed by atoms with Crippen molar-refractivity contribution in [2.75, 3.05) is 19.7 Å². The normalized spacial score (nSPS) is 12.9. The first-order valence-corrected chi connectivity index (χ1v) is 3.98. The topological polar surface area (TPSA) is 32.7 Å². The fourth-order valence-electron chi connectivity index (χ4n) is 0.681. The molecule has 3 nitrogen and oxygen atoms in total. The van der Waals surface area contributed by atoms with Crippen LogP contribution < -0.4 is 0 Å². The molecule has 3 heteroatoms. The molecule has 0 radical (unpaired) electrons. The molecule has 0 aliphatic heterocycles. The van der Waals surface area contributed by atoms with Gasteiger partial charge in [-0.05, 0) is 6.92 Å². The molecule has 1 N–H and O–H groups in total. The number of aliphatic hydroxyl groups excluding tert-OH is 1. The maximum atomic E-state index is 8.93. The summed E-state index contributed by atoms with van der Waals surface area (Å²) in [5.41, 5.74) is 0. The van der Waals surface area contributed by atoms with E-state index in [9.17, 15) is 0 Å². The quantitative estimate of drug-likeness (QED) is 0.457. The van der Waals surface area contributed by atoms with Gasteiger partial charge in [-0.3, -0.25) is 4.84 Å². The van der Waals surface area contributed by atoms with Crippen LogP contribution in [0.2, 0.25) is 0 Å². The van der Waals surface area contributed by atoms with Crippen molar-refractivity contribution in [1.82, 2.24) is 5.06 Å². The fraction of sp³-hybridized carbons (Fsp3) is 0.556. The Kier molecular flexibility index (Phi) is 6.66. The molecule has 0 aliphatic carbocycles. The van der Waals surface area contributed by atoms with E-state index in [-0.39, 0.29) is 0 Å². The molecule has 0 aromatic rings. The van der Waals surface area contributed by atoms with E-state index in [1.165, 1.54) is 0 Å². The Hall–Kier alpha value is -0.640. The predicted molar refractivity (Wildman–Crippen MR) is 49.6 cm³/mol. The molecule has 0 saturated carbocycles. The minimum atomic E-state index is -0.442. The molecule has 0 heterocycles. The minimum Gasteiger partial charge on any atom is -0.391 e. The highest BCUT2D eigenvalue weighted by Gasteiger charge is 2.02. The molecular weight excluding hydrogens is 154 g/mol. The number of rotatable bonds is 7. The lowest BCUT2D eigenvalue weighted by Crippen LogP contribution is -2.27. The molecule has 1 unspecified atom stereocenters. The molecule has 0 aliphatic rings. The second-order valence-corrected chi connectivity index (χ2v) is 2.57. The Morgan fingerprint density at radius 3 is 2.25 bits per heavy atom. The highest BCUT2D eigenvalue weighted by atomic mass is 16.7. The Bertz CT molecular complexity index is 124. The van der Waals surface area contributed by atoms with Crippen LogP contribution in [-0.4, -0.2) is 36.0 Å². The second-order valence-electron chi connectivity index (χ2n) is 2.57. The van der Waals surface area contributed by atoms with Gasteiger partial charge in [0.05, 0.1) is 12.7 Å². The minimum absolute atomic E-state index is 0.307. The van der Waals surface area contributed by atoms with Crippen LogP contribution in [0.1, 0.15) is 6.92 Å². The van der Waals surface area contributed by atoms with E-state index in [1.807, 2.05) is 0 Å². The van der Waals surface area contributed by atoms with Gasteiger partial charge in [0.25, 0.3) is 0 Å². The van der Waals surface area contributed by atoms with Crippen molar-refractivity contribution in [3.8, 4) is 0 Å². The molecule has 0 aromatic carbocycles. The molecule has 0 amide bonds.